The van der Waals surface area contributed by atoms with Gasteiger partial charge in [0, 0.05) is 25.0 Å². The number of nitrogens with two attached hydrogens (primary N) is 1. The van der Waals surface area contributed by atoms with E-state index in [0.29, 0.717) is 5.69 Å². The van der Waals surface area contributed by atoms with Crippen molar-refractivity contribution in [3.63, 3.8) is 0 Å². The third-order valence-electron chi connectivity index (χ3n) is 2.58. The fourth-order valence-electron chi connectivity index (χ4n) is 1.58. The molecule has 98 valence electrons. The maximum atomic E-state index is 13.6. The van der Waals surface area contributed by atoms with Crippen molar-refractivity contribution in [3.05, 3.63) is 58.3 Å². The SMILES string of the molecule is Cn1cc(NC(=O)c2ccc(N)cc2F)ccc1=O. The Bertz CT molecular complexity index is 695. The summed E-state index contributed by atoms with van der Waals surface area (Å²) in [5, 5.41) is 2.51. The molecule has 1 amide bonds. The van der Waals surface area contributed by atoms with E-state index in [-0.39, 0.29) is 16.8 Å². The molecule has 0 aliphatic heterocycles. The zero-order valence-corrected chi connectivity index (χ0v) is 10.2. The second-order valence-electron chi connectivity index (χ2n) is 4.06. The maximum absolute atomic E-state index is 13.6. The highest BCUT2D eigenvalue weighted by atomic mass is 19.1. The second kappa shape index (κ2) is 4.93. The molecule has 5 nitrogen and oxygen atoms in total. The van der Waals surface area contributed by atoms with E-state index in [2.05, 4.69) is 5.32 Å². The van der Waals surface area contributed by atoms with Crippen molar-refractivity contribution < 1.29 is 9.18 Å². The number of halogens is 1. The van der Waals surface area contributed by atoms with Crippen LogP contribution in [-0.4, -0.2) is 10.5 Å². The number of benzene rings is 1. The number of carbonyl (C=O) groups is 1. The molecule has 0 aliphatic carbocycles. The van der Waals surface area contributed by atoms with E-state index in [0.717, 1.165) is 6.07 Å². The summed E-state index contributed by atoms with van der Waals surface area (Å²) in [7, 11) is 1.56. The molecular weight excluding hydrogens is 249 g/mol. The van der Waals surface area contributed by atoms with E-state index in [9.17, 15) is 14.0 Å². The van der Waals surface area contributed by atoms with Gasteiger partial charge >= 0.3 is 0 Å². The highest BCUT2D eigenvalue weighted by molar-refractivity contribution is 6.04. The van der Waals surface area contributed by atoms with Crippen molar-refractivity contribution in [1.82, 2.24) is 4.57 Å². The Morgan fingerprint density at radius 3 is 2.68 bits per heavy atom. The Morgan fingerprint density at radius 1 is 1.32 bits per heavy atom. The van der Waals surface area contributed by atoms with Crippen molar-refractivity contribution in [2.45, 2.75) is 0 Å². The van der Waals surface area contributed by atoms with E-state index < -0.39 is 11.7 Å². The van der Waals surface area contributed by atoms with E-state index >= 15 is 0 Å². The number of hydrogen-bond acceptors (Lipinski definition) is 3. The van der Waals surface area contributed by atoms with Gasteiger partial charge in [0.2, 0.25) is 5.56 Å². The van der Waals surface area contributed by atoms with Gasteiger partial charge < -0.3 is 15.6 Å². The Morgan fingerprint density at radius 2 is 2.05 bits per heavy atom. The van der Waals surface area contributed by atoms with Gasteiger partial charge in [0.05, 0.1) is 11.3 Å². The molecule has 0 fully saturated rings. The van der Waals surface area contributed by atoms with Crippen molar-refractivity contribution in [2.24, 2.45) is 7.05 Å². The van der Waals surface area contributed by atoms with Crippen LogP contribution in [0, 0.1) is 5.82 Å². The van der Waals surface area contributed by atoms with Crippen LogP contribution in [0.3, 0.4) is 0 Å². The number of anilines is 2. The van der Waals surface area contributed by atoms with Gasteiger partial charge in [0.15, 0.2) is 0 Å². The first-order chi connectivity index (χ1) is 8.97. The first-order valence-corrected chi connectivity index (χ1v) is 5.50. The first kappa shape index (κ1) is 12.8. The largest absolute Gasteiger partial charge is 0.399 e. The molecule has 1 aromatic carbocycles. The van der Waals surface area contributed by atoms with Crippen LogP contribution in [0.4, 0.5) is 15.8 Å². The highest BCUT2D eigenvalue weighted by Crippen LogP contribution is 2.14. The number of carbonyl (C=O) groups excluding carboxylic acids is 1. The van der Waals surface area contributed by atoms with E-state index in [1.165, 1.54) is 35.0 Å². The summed E-state index contributed by atoms with van der Waals surface area (Å²) in [4.78, 5) is 23.1. The smallest absolute Gasteiger partial charge is 0.258 e. The molecule has 0 spiro atoms. The van der Waals surface area contributed by atoms with Crippen LogP contribution < -0.4 is 16.6 Å². The molecular formula is C13H12FN3O2. The monoisotopic (exact) mass is 261 g/mol. The predicted octanol–water partition coefficient (Wildman–Crippen LogP) is 1.36. The molecule has 2 aromatic rings. The molecule has 3 N–H and O–H groups in total. The van der Waals surface area contributed by atoms with Gasteiger partial charge in [-0.05, 0) is 24.3 Å². The Labute approximate surface area is 108 Å². The van der Waals surface area contributed by atoms with Crippen molar-refractivity contribution >= 4 is 17.3 Å². The van der Waals surface area contributed by atoms with Crippen LogP contribution in [-0.2, 0) is 7.05 Å². The van der Waals surface area contributed by atoms with E-state index in [1.807, 2.05) is 0 Å². The maximum Gasteiger partial charge on any atom is 0.258 e. The number of rotatable bonds is 2. The molecule has 1 aromatic heterocycles. The lowest BCUT2D eigenvalue weighted by Gasteiger charge is -2.07. The fraction of sp³-hybridized carbons (Fsp3) is 0.0769. The van der Waals surface area contributed by atoms with Gasteiger partial charge in [0.1, 0.15) is 5.82 Å². The summed E-state index contributed by atoms with van der Waals surface area (Å²) in [5.41, 5.74) is 5.75. The minimum Gasteiger partial charge on any atom is -0.399 e. The molecule has 2 rings (SSSR count). The van der Waals surface area contributed by atoms with Gasteiger partial charge in [-0.1, -0.05) is 0 Å². The van der Waals surface area contributed by atoms with Crippen LogP contribution in [0.5, 0.6) is 0 Å². The number of aryl methyl sites for hydroxylation is 1. The average molecular weight is 261 g/mol. The molecule has 0 aliphatic rings. The molecule has 0 saturated carbocycles. The molecule has 1 heterocycles. The van der Waals surface area contributed by atoms with Crippen molar-refractivity contribution in [3.8, 4) is 0 Å². The van der Waals surface area contributed by atoms with Crippen LogP contribution >= 0.6 is 0 Å². The quantitative estimate of drug-likeness (QED) is 0.801. The molecule has 0 radical (unpaired) electrons. The standard InChI is InChI=1S/C13H12FN3O2/c1-17-7-9(3-5-12(17)18)16-13(19)10-4-2-8(15)6-11(10)14/h2-7H,15H2,1H3,(H,16,19). The molecule has 19 heavy (non-hydrogen) atoms. The summed E-state index contributed by atoms with van der Waals surface area (Å²) in [5.74, 6) is -1.29. The van der Waals surface area contributed by atoms with Gasteiger partial charge in [-0.25, -0.2) is 4.39 Å². The number of nitrogens with zero attached hydrogens (tertiary/aromatic N) is 1. The van der Waals surface area contributed by atoms with Crippen LogP contribution in [0.15, 0.2) is 41.3 Å². The number of amides is 1. The summed E-state index contributed by atoms with van der Waals surface area (Å²) in [6.45, 7) is 0. The van der Waals surface area contributed by atoms with Gasteiger partial charge in [-0.15, -0.1) is 0 Å². The lowest BCUT2D eigenvalue weighted by molar-refractivity contribution is 0.102. The van der Waals surface area contributed by atoms with E-state index in [4.69, 9.17) is 5.73 Å². The third kappa shape index (κ3) is 2.79. The van der Waals surface area contributed by atoms with Crippen LogP contribution in [0.2, 0.25) is 0 Å². The number of aromatic nitrogens is 1. The second-order valence-corrected chi connectivity index (χ2v) is 4.06. The lowest BCUT2D eigenvalue weighted by atomic mass is 10.2. The number of hydrogen-bond donors (Lipinski definition) is 2. The lowest BCUT2D eigenvalue weighted by Crippen LogP contribution is -2.18. The number of pyridine rings is 1. The molecule has 0 atom stereocenters. The van der Waals surface area contributed by atoms with E-state index in [1.54, 1.807) is 7.05 Å². The highest BCUT2D eigenvalue weighted by Gasteiger charge is 2.12. The van der Waals surface area contributed by atoms with Gasteiger partial charge in [0.25, 0.3) is 5.91 Å². The zero-order chi connectivity index (χ0) is 14.0. The minimum atomic E-state index is -0.692. The third-order valence-corrected chi connectivity index (χ3v) is 2.58. The molecule has 0 bridgehead atoms. The Hall–Kier alpha value is -2.63. The Kier molecular flexibility index (Phi) is 3.33. The first-order valence-electron chi connectivity index (χ1n) is 5.50. The van der Waals surface area contributed by atoms with Gasteiger partial charge in [-0.3, -0.25) is 9.59 Å². The Balaban J connectivity index is 2.25. The van der Waals surface area contributed by atoms with Gasteiger partial charge in [-0.2, -0.15) is 0 Å². The number of nitrogens with one attached hydrogen (secondary N) is 1. The normalized spacial score (nSPS) is 10.2. The van der Waals surface area contributed by atoms with Crippen molar-refractivity contribution in [2.75, 3.05) is 11.1 Å². The van der Waals surface area contributed by atoms with Crippen LogP contribution in [0.1, 0.15) is 10.4 Å². The van der Waals surface area contributed by atoms with Crippen molar-refractivity contribution in [1.29, 1.82) is 0 Å². The fourth-order valence-corrected chi connectivity index (χ4v) is 1.58. The average Bonchev–Trinajstić information content (AvgIpc) is 2.33. The summed E-state index contributed by atoms with van der Waals surface area (Å²) in [6.07, 6.45) is 1.45. The molecule has 6 heteroatoms. The minimum absolute atomic E-state index is 0.108. The topological polar surface area (TPSA) is 77.1 Å². The summed E-state index contributed by atoms with van der Waals surface area (Å²) < 4.78 is 14.9. The zero-order valence-electron chi connectivity index (χ0n) is 10.2. The predicted molar refractivity (Wildman–Crippen MR) is 70.4 cm³/mol. The molecule has 0 unspecified atom stereocenters. The molecule has 0 saturated heterocycles. The summed E-state index contributed by atoms with van der Waals surface area (Å²) >= 11 is 0. The number of nitrogen functional groups attached to an aromatic ring is 1. The summed E-state index contributed by atoms with van der Waals surface area (Å²) in [6, 6.07) is 6.60. The van der Waals surface area contributed by atoms with Crippen LogP contribution in [0.25, 0.3) is 0 Å².